The fraction of sp³-hybridized carbons (Fsp3) is 0.286. The molecule has 0 bridgehead atoms. The van der Waals surface area contributed by atoms with Crippen molar-refractivity contribution in [1.82, 2.24) is 15.5 Å². The van der Waals surface area contributed by atoms with Crippen LogP contribution in [0.15, 0.2) is 53.1 Å². The number of aromatic nitrogens is 2. The number of benzene rings is 2. The molecule has 0 saturated carbocycles. The normalized spacial score (nSPS) is 11.8. The molecule has 0 saturated heterocycles. The van der Waals surface area contributed by atoms with Gasteiger partial charge in [-0.2, -0.15) is 4.98 Å². The molecule has 1 heterocycles. The number of carbonyl (C=O) groups excluding carboxylic acids is 1. The molecule has 140 valence electrons. The lowest BCUT2D eigenvalue weighted by Gasteiger charge is -2.14. The molecule has 0 aliphatic heterocycles. The SMILES string of the molecule is COc1ccc([C@@H](C)NC(=O)CCc2nc(-c3cccc(C)c3)no2)cc1. The largest absolute Gasteiger partial charge is 0.497 e. The van der Waals surface area contributed by atoms with Crippen molar-refractivity contribution < 1.29 is 14.1 Å². The number of amides is 1. The summed E-state index contributed by atoms with van der Waals surface area (Å²) in [4.78, 5) is 16.6. The zero-order valence-electron chi connectivity index (χ0n) is 15.7. The minimum Gasteiger partial charge on any atom is -0.497 e. The van der Waals surface area contributed by atoms with Gasteiger partial charge in [-0.3, -0.25) is 4.79 Å². The van der Waals surface area contributed by atoms with Crippen LogP contribution in [0.4, 0.5) is 0 Å². The van der Waals surface area contributed by atoms with Crippen LogP contribution in [-0.2, 0) is 11.2 Å². The summed E-state index contributed by atoms with van der Waals surface area (Å²) in [5.74, 6) is 1.73. The predicted molar refractivity (Wildman–Crippen MR) is 102 cm³/mol. The van der Waals surface area contributed by atoms with Gasteiger partial charge in [0.15, 0.2) is 0 Å². The molecule has 3 rings (SSSR count). The van der Waals surface area contributed by atoms with Gasteiger partial charge in [-0.05, 0) is 37.6 Å². The second kappa shape index (κ2) is 8.49. The van der Waals surface area contributed by atoms with E-state index in [-0.39, 0.29) is 18.4 Å². The average Bonchev–Trinajstić information content (AvgIpc) is 3.15. The molecule has 6 heteroatoms. The lowest BCUT2D eigenvalue weighted by Crippen LogP contribution is -2.26. The number of hydrogen-bond acceptors (Lipinski definition) is 5. The first-order valence-electron chi connectivity index (χ1n) is 8.88. The van der Waals surface area contributed by atoms with E-state index in [9.17, 15) is 4.79 Å². The van der Waals surface area contributed by atoms with Crippen molar-refractivity contribution in [1.29, 1.82) is 0 Å². The van der Waals surface area contributed by atoms with Crippen LogP contribution in [-0.4, -0.2) is 23.2 Å². The number of nitrogens with zero attached hydrogens (tertiary/aromatic N) is 2. The van der Waals surface area contributed by atoms with Gasteiger partial charge in [-0.25, -0.2) is 0 Å². The van der Waals surface area contributed by atoms with Gasteiger partial charge < -0.3 is 14.6 Å². The maximum Gasteiger partial charge on any atom is 0.227 e. The highest BCUT2D eigenvalue weighted by atomic mass is 16.5. The molecule has 0 aliphatic carbocycles. The van der Waals surface area contributed by atoms with Gasteiger partial charge in [-0.1, -0.05) is 41.1 Å². The summed E-state index contributed by atoms with van der Waals surface area (Å²) in [6.07, 6.45) is 0.690. The van der Waals surface area contributed by atoms with Crippen molar-refractivity contribution in [3.63, 3.8) is 0 Å². The number of methoxy groups -OCH3 is 1. The molecule has 3 aromatic rings. The molecule has 2 aromatic carbocycles. The molecular formula is C21H23N3O3. The molecule has 6 nitrogen and oxygen atoms in total. The van der Waals surface area contributed by atoms with Crippen LogP contribution in [0, 0.1) is 6.92 Å². The number of hydrogen-bond donors (Lipinski definition) is 1. The van der Waals surface area contributed by atoms with E-state index in [1.165, 1.54) is 0 Å². The molecule has 0 fully saturated rings. The number of ether oxygens (including phenoxy) is 1. The molecule has 1 N–H and O–H groups in total. The summed E-state index contributed by atoms with van der Waals surface area (Å²) < 4.78 is 10.4. The summed E-state index contributed by atoms with van der Waals surface area (Å²) in [6.45, 7) is 3.96. The predicted octanol–water partition coefficient (Wildman–Crippen LogP) is 3.86. The second-order valence-electron chi connectivity index (χ2n) is 6.44. The van der Waals surface area contributed by atoms with Crippen LogP contribution in [0.3, 0.4) is 0 Å². The number of nitrogens with one attached hydrogen (secondary N) is 1. The van der Waals surface area contributed by atoms with Crippen molar-refractivity contribution in [2.24, 2.45) is 0 Å². The topological polar surface area (TPSA) is 77.2 Å². The second-order valence-corrected chi connectivity index (χ2v) is 6.44. The van der Waals surface area contributed by atoms with Crippen LogP contribution >= 0.6 is 0 Å². The summed E-state index contributed by atoms with van der Waals surface area (Å²) in [7, 11) is 1.63. The highest BCUT2D eigenvalue weighted by Crippen LogP contribution is 2.19. The van der Waals surface area contributed by atoms with E-state index < -0.39 is 0 Å². The quantitative estimate of drug-likeness (QED) is 0.688. The molecule has 27 heavy (non-hydrogen) atoms. The van der Waals surface area contributed by atoms with E-state index in [1.54, 1.807) is 7.11 Å². The van der Waals surface area contributed by atoms with Gasteiger partial charge >= 0.3 is 0 Å². The van der Waals surface area contributed by atoms with Crippen molar-refractivity contribution in [3.05, 3.63) is 65.5 Å². The first kappa shape index (κ1) is 18.6. The van der Waals surface area contributed by atoms with Gasteiger partial charge in [0.05, 0.1) is 13.2 Å². The molecule has 1 amide bonds. The van der Waals surface area contributed by atoms with E-state index in [2.05, 4.69) is 15.5 Å². The third-order valence-electron chi connectivity index (χ3n) is 4.30. The maximum absolute atomic E-state index is 12.2. The molecule has 1 atom stereocenters. The van der Waals surface area contributed by atoms with Crippen molar-refractivity contribution >= 4 is 5.91 Å². The summed E-state index contributed by atoms with van der Waals surface area (Å²) in [5, 5.41) is 6.98. The Balaban J connectivity index is 1.53. The van der Waals surface area contributed by atoms with Crippen molar-refractivity contribution in [2.45, 2.75) is 32.7 Å². The Morgan fingerprint density at radius 1 is 1.22 bits per heavy atom. The van der Waals surface area contributed by atoms with E-state index in [0.29, 0.717) is 18.1 Å². The Kier molecular flexibility index (Phi) is 5.86. The van der Waals surface area contributed by atoms with Gasteiger partial charge in [0.25, 0.3) is 0 Å². The monoisotopic (exact) mass is 365 g/mol. The van der Waals surface area contributed by atoms with E-state index in [4.69, 9.17) is 9.26 Å². The van der Waals surface area contributed by atoms with Crippen LogP contribution in [0.25, 0.3) is 11.4 Å². The first-order valence-corrected chi connectivity index (χ1v) is 8.88. The Labute approximate surface area is 158 Å². The summed E-state index contributed by atoms with van der Waals surface area (Å²) in [6, 6.07) is 15.4. The highest BCUT2D eigenvalue weighted by molar-refractivity contribution is 5.76. The zero-order valence-corrected chi connectivity index (χ0v) is 15.7. The summed E-state index contributed by atoms with van der Waals surface area (Å²) in [5.41, 5.74) is 3.05. The minimum absolute atomic E-state index is 0.0615. The molecule has 0 unspecified atom stereocenters. The average molecular weight is 365 g/mol. The Hall–Kier alpha value is -3.15. The fourth-order valence-corrected chi connectivity index (χ4v) is 2.77. The lowest BCUT2D eigenvalue weighted by molar-refractivity contribution is -0.121. The molecule has 0 aliphatic rings. The zero-order chi connectivity index (χ0) is 19.2. The Morgan fingerprint density at radius 3 is 2.70 bits per heavy atom. The Bertz CT molecular complexity index is 903. The maximum atomic E-state index is 12.2. The van der Waals surface area contributed by atoms with Crippen LogP contribution in [0.1, 0.15) is 36.4 Å². The lowest BCUT2D eigenvalue weighted by atomic mass is 10.1. The fourth-order valence-electron chi connectivity index (χ4n) is 2.77. The number of carbonyl (C=O) groups is 1. The first-order chi connectivity index (χ1) is 13.0. The van der Waals surface area contributed by atoms with Crippen molar-refractivity contribution in [3.8, 4) is 17.1 Å². The van der Waals surface area contributed by atoms with E-state index in [1.807, 2.05) is 62.4 Å². The molecule has 0 radical (unpaired) electrons. The smallest absolute Gasteiger partial charge is 0.227 e. The molecule has 0 spiro atoms. The van der Waals surface area contributed by atoms with E-state index in [0.717, 1.165) is 22.4 Å². The number of aryl methyl sites for hydroxylation is 2. The van der Waals surface area contributed by atoms with Gasteiger partial charge in [0.1, 0.15) is 5.75 Å². The number of rotatable bonds is 7. The van der Waals surface area contributed by atoms with Gasteiger partial charge in [0, 0.05) is 18.4 Å². The van der Waals surface area contributed by atoms with Gasteiger partial charge in [-0.15, -0.1) is 0 Å². The van der Waals surface area contributed by atoms with Crippen LogP contribution in [0.5, 0.6) is 5.75 Å². The highest BCUT2D eigenvalue weighted by Gasteiger charge is 2.13. The third-order valence-corrected chi connectivity index (χ3v) is 4.30. The summed E-state index contributed by atoms with van der Waals surface area (Å²) >= 11 is 0. The third kappa shape index (κ3) is 4.94. The van der Waals surface area contributed by atoms with Crippen molar-refractivity contribution in [2.75, 3.05) is 7.11 Å². The molecule has 1 aromatic heterocycles. The van der Waals surface area contributed by atoms with Gasteiger partial charge in [0.2, 0.25) is 17.6 Å². The molecular weight excluding hydrogens is 342 g/mol. The van der Waals surface area contributed by atoms with Crippen LogP contribution in [0.2, 0.25) is 0 Å². The Morgan fingerprint density at radius 2 is 2.00 bits per heavy atom. The minimum atomic E-state index is -0.0889. The standard InChI is InChI=1S/C21H23N3O3/c1-14-5-4-6-17(13-14)21-23-20(27-24-21)12-11-19(25)22-15(2)16-7-9-18(26-3)10-8-16/h4-10,13,15H,11-12H2,1-3H3,(H,22,25)/t15-/m1/s1. The van der Waals surface area contributed by atoms with Crippen LogP contribution < -0.4 is 10.1 Å². The van der Waals surface area contributed by atoms with E-state index >= 15 is 0 Å².